The van der Waals surface area contributed by atoms with Gasteiger partial charge in [-0.1, -0.05) is 0 Å². The zero-order valence-corrected chi connectivity index (χ0v) is 13.4. The molecule has 0 aromatic rings. The Bertz CT molecular complexity index is 445. The molecule has 1 heterocycles. The second-order valence-electron chi connectivity index (χ2n) is 4.92. The third kappa shape index (κ3) is 4.89. The van der Waals surface area contributed by atoms with E-state index >= 15 is 0 Å². The van der Waals surface area contributed by atoms with Crippen molar-refractivity contribution in [2.75, 3.05) is 19.8 Å². The topological polar surface area (TPSA) is 155 Å². The van der Waals surface area contributed by atoms with Crippen LogP contribution in [0.5, 0.6) is 0 Å². The molecule has 0 amide bonds. The van der Waals surface area contributed by atoms with E-state index in [0.29, 0.717) is 0 Å². The van der Waals surface area contributed by atoms with Gasteiger partial charge in [-0.15, -0.1) is 0 Å². The number of nitrogens with one attached hydrogen (secondary N) is 1. The summed E-state index contributed by atoms with van der Waals surface area (Å²) >= 11 is 0. The Morgan fingerprint density at radius 1 is 1.04 bits per heavy atom. The minimum atomic E-state index is -1.59. The molecule has 5 atom stereocenters. The van der Waals surface area contributed by atoms with Crippen molar-refractivity contribution in [2.45, 2.75) is 44.5 Å². The molecule has 1 fully saturated rings. The van der Waals surface area contributed by atoms with E-state index < -0.39 is 54.8 Å². The van der Waals surface area contributed by atoms with Crippen LogP contribution in [0.4, 0.5) is 0 Å². The lowest BCUT2D eigenvalue weighted by Gasteiger charge is -2.40. The van der Waals surface area contributed by atoms with E-state index in [2.05, 4.69) is 5.32 Å². The van der Waals surface area contributed by atoms with Gasteiger partial charge < -0.3 is 40.0 Å². The second-order valence-corrected chi connectivity index (χ2v) is 4.92. The summed E-state index contributed by atoms with van der Waals surface area (Å²) in [5.74, 6) is -1.87. The van der Waals surface area contributed by atoms with Gasteiger partial charge in [0.15, 0.2) is 11.8 Å². The molecule has 0 spiro atoms. The van der Waals surface area contributed by atoms with Gasteiger partial charge in [-0.3, -0.25) is 0 Å². The molecule has 5 N–H and O–H groups in total. The maximum absolute atomic E-state index is 11.8. The lowest BCUT2D eigenvalue weighted by atomic mass is 9.98. The first-order chi connectivity index (χ1) is 11.4. The van der Waals surface area contributed by atoms with Crippen molar-refractivity contribution >= 4 is 11.9 Å². The number of carbonyl (C=O) groups is 2. The van der Waals surface area contributed by atoms with Crippen LogP contribution in [-0.4, -0.2) is 82.8 Å². The zero-order valence-electron chi connectivity index (χ0n) is 13.4. The lowest BCUT2D eigenvalue weighted by molar-refractivity contribution is -0.233. The second kappa shape index (κ2) is 9.55. The van der Waals surface area contributed by atoms with E-state index in [-0.39, 0.29) is 13.2 Å². The molecule has 0 aromatic heterocycles. The highest BCUT2D eigenvalue weighted by Gasteiger charge is 2.43. The molecule has 1 aliphatic heterocycles. The number of aliphatic hydroxyl groups is 4. The standard InChI is InChI=1S/C14H23NO9/c1-3-22-13(20)7(14(21)23-4-2)5-15-12-11(19)10(18)9(17)8(6-16)24-12/h5,8-12,15-19H,3-4,6H2,1-2H3/t8-,9+,10+,11-,12-/m1/s1. The van der Waals surface area contributed by atoms with Crippen molar-refractivity contribution in [3.05, 3.63) is 11.8 Å². The summed E-state index contributed by atoms with van der Waals surface area (Å²) in [5.41, 5.74) is -0.462. The summed E-state index contributed by atoms with van der Waals surface area (Å²) in [6, 6.07) is 0. The van der Waals surface area contributed by atoms with Gasteiger partial charge in [0.05, 0.1) is 19.8 Å². The fourth-order valence-corrected chi connectivity index (χ4v) is 2.02. The van der Waals surface area contributed by atoms with Crippen LogP contribution in [-0.2, 0) is 23.8 Å². The largest absolute Gasteiger partial charge is 0.462 e. The van der Waals surface area contributed by atoms with Crippen LogP contribution >= 0.6 is 0 Å². The summed E-state index contributed by atoms with van der Waals surface area (Å²) in [7, 11) is 0. The zero-order chi connectivity index (χ0) is 18.3. The van der Waals surface area contributed by atoms with Crippen molar-refractivity contribution < 1.29 is 44.2 Å². The van der Waals surface area contributed by atoms with Gasteiger partial charge in [0.1, 0.15) is 24.4 Å². The number of esters is 2. The summed E-state index contributed by atoms with van der Waals surface area (Å²) in [6.45, 7) is 2.60. The smallest absolute Gasteiger partial charge is 0.347 e. The molecule has 0 unspecified atom stereocenters. The van der Waals surface area contributed by atoms with Crippen molar-refractivity contribution in [3.63, 3.8) is 0 Å². The van der Waals surface area contributed by atoms with Gasteiger partial charge in [0, 0.05) is 6.20 Å². The molecule has 1 aliphatic rings. The molecule has 0 saturated carbocycles. The van der Waals surface area contributed by atoms with Crippen LogP contribution in [0, 0.1) is 0 Å². The number of carbonyl (C=O) groups excluding carboxylic acids is 2. The third-order valence-electron chi connectivity index (χ3n) is 3.27. The average Bonchev–Trinajstić information content (AvgIpc) is 2.55. The summed E-state index contributed by atoms with van der Waals surface area (Å²) in [4.78, 5) is 23.6. The Morgan fingerprint density at radius 3 is 2.04 bits per heavy atom. The predicted octanol–water partition coefficient (Wildman–Crippen LogP) is -2.61. The van der Waals surface area contributed by atoms with E-state index in [1.807, 2.05) is 0 Å². The van der Waals surface area contributed by atoms with E-state index in [1.54, 1.807) is 13.8 Å². The van der Waals surface area contributed by atoms with Crippen molar-refractivity contribution in [1.82, 2.24) is 5.32 Å². The minimum absolute atomic E-state index is 0.0373. The van der Waals surface area contributed by atoms with Crippen LogP contribution < -0.4 is 5.32 Å². The van der Waals surface area contributed by atoms with Crippen molar-refractivity contribution in [1.29, 1.82) is 0 Å². The number of aliphatic hydroxyl groups excluding tert-OH is 4. The van der Waals surface area contributed by atoms with Gasteiger partial charge in [0.2, 0.25) is 0 Å². The maximum atomic E-state index is 11.8. The molecule has 138 valence electrons. The van der Waals surface area contributed by atoms with Crippen LogP contribution in [0.25, 0.3) is 0 Å². The first-order valence-electron chi connectivity index (χ1n) is 7.48. The monoisotopic (exact) mass is 349 g/mol. The Labute approximate surface area is 138 Å². The molecule has 10 heteroatoms. The van der Waals surface area contributed by atoms with Crippen LogP contribution in [0.15, 0.2) is 11.8 Å². The third-order valence-corrected chi connectivity index (χ3v) is 3.27. The fourth-order valence-electron chi connectivity index (χ4n) is 2.02. The Kier molecular flexibility index (Phi) is 8.08. The van der Waals surface area contributed by atoms with Crippen LogP contribution in [0.1, 0.15) is 13.8 Å². The first kappa shape index (κ1) is 20.3. The van der Waals surface area contributed by atoms with E-state index in [1.165, 1.54) is 0 Å². The normalized spacial score (nSPS) is 29.5. The molecule has 1 saturated heterocycles. The van der Waals surface area contributed by atoms with Gasteiger partial charge in [-0.2, -0.15) is 0 Å². The van der Waals surface area contributed by atoms with Gasteiger partial charge in [-0.25, -0.2) is 9.59 Å². The van der Waals surface area contributed by atoms with Crippen molar-refractivity contribution in [2.24, 2.45) is 0 Å². The average molecular weight is 349 g/mol. The molecule has 0 aliphatic carbocycles. The number of ether oxygens (including phenoxy) is 3. The molecule has 10 nitrogen and oxygen atoms in total. The number of rotatable bonds is 7. The molecule has 1 rings (SSSR count). The van der Waals surface area contributed by atoms with E-state index in [4.69, 9.17) is 19.3 Å². The highest BCUT2D eigenvalue weighted by Crippen LogP contribution is 2.19. The molecular weight excluding hydrogens is 326 g/mol. The van der Waals surface area contributed by atoms with Gasteiger partial charge in [0.25, 0.3) is 0 Å². The quantitative estimate of drug-likeness (QED) is 0.143. The fraction of sp³-hybridized carbons (Fsp3) is 0.714. The Morgan fingerprint density at radius 2 is 1.58 bits per heavy atom. The Hall–Kier alpha value is -1.72. The molecule has 24 heavy (non-hydrogen) atoms. The summed E-state index contributed by atoms with van der Waals surface area (Å²) < 4.78 is 14.7. The summed E-state index contributed by atoms with van der Waals surface area (Å²) in [5, 5.41) is 40.8. The molecule has 0 radical (unpaired) electrons. The molecule has 0 bridgehead atoms. The lowest BCUT2D eigenvalue weighted by Crippen LogP contribution is -2.61. The van der Waals surface area contributed by atoms with Gasteiger partial charge >= 0.3 is 11.9 Å². The van der Waals surface area contributed by atoms with Crippen molar-refractivity contribution in [3.8, 4) is 0 Å². The number of hydrogen-bond acceptors (Lipinski definition) is 10. The van der Waals surface area contributed by atoms with Crippen LogP contribution in [0.3, 0.4) is 0 Å². The molecular formula is C14H23NO9. The van der Waals surface area contributed by atoms with Crippen LogP contribution in [0.2, 0.25) is 0 Å². The summed E-state index contributed by atoms with van der Waals surface area (Å²) in [6.07, 6.45) is -6.13. The highest BCUT2D eigenvalue weighted by atomic mass is 16.6. The predicted molar refractivity (Wildman–Crippen MR) is 78.3 cm³/mol. The SMILES string of the molecule is CCOC(=O)C(=CN[C@@H]1O[C@H](CO)[C@H](O)[C@H](O)[C@H]1O)C(=O)OCC. The van der Waals surface area contributed by atoms with E-state index in [0.717, 1.165) is 6.20 Å². The number of hydrogen-bond donors (Lipinski definition) is 5. The minimum Gasteiger partial charge on any atom is -0.462 e. The van der Waals surface area contributed by atoms with Gasteiger partial charge in [-0.05, 0) is 13.8 Å². The molecule has 0 aromatic carbocycles. The Balaban J connectivity index is 2.90. The van der Waals surface area contributed by atoms with E-state index in [9.17, 15) is 24.9 Å². The first-order valence-corrected chi connectivity index (χ1v) is 7.48. The highest BCUT2D eigenvalue weighted by molar-refractivity contribution is 6.13. The maximum Gasteiger partial charge on any atom is 0.347 e.